The fraction of sp³-hybridized carbons (Fsp3) is 0.200. The summed E-state index contributed by atoms with van der Waals surface area (Å²) in [6.45, 7) is 0. The largest absolute Gasteiger partial charge is 0.478 e. The molecule has 0 spiro atoms. The molecule has 1 aliphatic carbocycles. The molecule has 0 bridgehead atoms. The van der Waals surface area contributed by atoms with E-state index in [1.807, 2.05) is 36.4 Å². The molecule has 0 saturated heterocycles. The van der Waals surface area contributed by atoms with E-state index in [1.54, 1.807) is 24.3 Å². The first-order chi connectivity index (χ1) is 11.1. The number of carbonyl (C=O) groups is 2. The number of benzene rings is 2. The molecule has 3 heteroatoms. The molecule has 0 amide bonds. The van der Waals surface area contributed by atoms with Crippen LogP contribution in [0.1, 0.15) is 46.7 Å². The number of aromatic carboxylic acids is 1. The highest BCUT2D eigenvalue weighted by atomic mass is 16.4. The average Bonchev–Trinajstić information content (AvgIpc) is 2.58. The molecular formula is C20H18O3. The van der Waals surface area contributed by atoms with Gasteiger partial charge in [-0.3, -0.25) is 4.79 Å². The van der Waals surface area contributed by atoms with Crippen molar-refractivity contribution in [2.24, 2.45) is 0 Å². The number of carboxylic acids is 1. The van der Waals surface area contributed by atoms with Crippen LogP contribution in [0, 0.1) is 0 Å². The van der Waals surface area contributed by atoms with E-state index < -0.39 is 5.97 Å². The lowest BCUT2D eigenvalue weighted by molar-refractivity contribution is -0.117. The highest BCUT2D eigenvalue weighted by Crippen LogP contribution is 2.33. The lowest BCUT2D eigenvalue weighted by atomic mass is 9.79. The van der Waals surface area contributed by atoms with Crippen molar-refractivity contribution in [3.8, 4) is 0 Å². The van der Waals surface area contributed by atoms with Crippen molar-refractivity contribution in [3.63, 3.8) is 0 Å². The van der Waals surface area contributed by atoms with Gasteiger partial charge in [0.05, 0.1) is 5.56 Å². The van der Waals surface area contributed by atoms with Crippen molar-refractivity contribution in [2.75, 3.05) is 0 Å². The number of allylic oxidation sites excluding steroid dienone is 1. The second-order valence-corrected chi connectivity index (χ2v) is 5.82. The third-order valence-electron chi connectivity index (χ3n) is 4.27. The molecule has 1 saturated carbocycles. The Morgan fingerprint density at radius 1 is 1.04 bits per heavy atom. The van der Waals surface area contributed by atoms with Gasteiger partial charge in [-0.05, 0) is 54.2 Å². The summed E-state index contributed by atoms with van der Waals surface area (Å²) in [4.78, 5) is 23.6. The first-order valence-corrected chi connectivity index (χ1v) is 7.78. The smallest absolute Gasteiger partial charge is 0.335 e. The summed E-state index contributed by atoms with van der Waals surface area (Å²) < 4.78 is 0. The van der Waals surface area contributed by atoms with E-state index in [9.17, 15) is 9.59 Å². The predicted molar refractivity (Wildman–Crippen MR) is 89.4 cm³/mol. The maximum atomic E-state index is 12.7. The zero-order chi connectivity index (χ0) is 16.2. The zero-order valence-electron chi connectivity index (χ0n) is 12.7. The molecule has 1 N–H and O–H groups in total. The van der Waals surface area contributed by atoms with Gasteiger partial charge < -0.3 is 5.11 Å². The van der Waals surface area contributed by atoms with Crippen LogP contribution in [0.5, 0.6) is 0 Å². The van der Waals surface area contributed by atoms with Gasteiger partial charge in [-0.2, -0.15) is 0 Å². The molecule has 23 heavy (non-hydrogen) atoms. The highest BCUT2D eigenvalue weighted by molar-refractivity contribution is 6.04. The van der Waals surface area contributed by atoms with Crippen molar-refractivity contribution < 1.29 is 14.7 Å². The number of carboxylic acid groups (broad SMARTS) is 1. The summed E-state index contributed by atoms with van der Waals surface area (Å²) in [7, 11) is 0. The lowest BCUT2D eigenvalue weighted by Crippen LogP contribution is -2.19. The second kappa shape index (κ2) is 6.61. The van der Waals surface area contributed by atoms with E-state index >= 15 is 0 Å². The third-order valence-corrected chi connectivity index (χ3v) is 4.27. The molecule has 0 heterocycles. The Kier molecular flexibility index (Phi) is 4.38. The van der Waals surface area contributed by atoms with Crippen molar-refractivity contribution >= 4 is 17.8 Å². The Bertz CT molecular complexity index is 742. The molecule has 116 valence electrons. The Morgan fingerprint density at radius 3 is 2.39 bits per heavy atom. The first-order valence-electron chi connectivity index (χ1n) is 7.78. The van der Waals surface area contributed by atoms with Crippen LogP contribution in [0.15, 0.2) is 60.2 Å². The molecular weight excluding hydrogens is 288 g/mol. The zero-order valence-corrected chi connectivity index (χ0v) is 12.7. The third kappa shape index (κ3) is 3.39. The number of rotatable bonds is 3. The fourth-order valence-electron chi connectivity index (χ4n) is 3.04. The van der Waals surface area contributed by atoms with Crippen LogP contribution in [0.4, 0.5) is 0 Å². The molecule has 1 fully saturated rings. The molecule has 1 atom stereocenters. The van der Waals surface area contributed by atoms with E-state index in [-0.39, 0.29) is 17.3 Å². The number of hydrogen-bond acceptors (Lipinski definition) is 2. The summed E-state index contributed by atoms with van der Waals surface area (Å²) >= 11 is 0. The van der Waals surface area contributed by atoms with Gasteiger partial charge >= 0.3 is 5.97 Å². The van der Waals surface area contributed by atoms with E-state index in [0.717, 1.165) is 36.0 Å². The quantitative estimate of drug-likeness (QED) is 0.860. The van der Waals surface area contributed by atoms with Gasteiger partial charge in [0.2, 0.25) is 0 Å². The van der Waals surface area contributed by atoms with Crippen LogP contribution in [0.2, 0.25) is 0 Å². The summed E-state index contributed by atoms with van der Waals surface area (Å²) in [5.74, 6) is -0.818. The minimum atomic E-state index is -0.943. The molecule has 0 aliphatic heterocycles. The standard InChI is InChI=1S/C20H18O3/c21-19-17(13-14-9-11-16(12-10-14)20(22)23)7-4-8-18(19)15-5-2-1-3-6-15/h1-3,5-6,9-13,18H,4,7-8H2,(H,22,23)/b17-13+/t18-/m1/s1. The van der Waals surface area contributed by atoms with Gasteiger partial charge in [0.25, 0.3) is 0 Å². The van der Waals surface area contributed by atoms with Gasteiger partial charge in [0, 0.05) is 5.92 Å². The molecule has 2 aromatic rings. The molecule has 1 aliphatic rings. The first kappa shape index (κ1) is 15.2. The van der Waals surface area contributed by atoms with Crippen LogP contribution in [0.25, 0.3) is 6.08 Å². The summed E-state index contributed by atoms with van der Waals surface area (Å²) in [6, 6.07) is 16.5. The van der Waals surface area contributed by atoms with E-state index in [4.69, 9.17) is 5.11 Å². The molecule has 0 aromatic heterocycles. The van der Waals surface area contributed by atoms with E-state index in [2.05, 4.69) is 0 Å². The Labute approximate surface area is 135 Å². The highest BCUT2D eigenvalue weighted by Gasteiger charge is 2.27. The topological polar surface area (TPSA) is 54.4 Å². The second-order valence-electron chi connectivity index (χ2n) is 5.82. The normalized spacial score (nSPS) is 19.7. The number of Topliss-reactive ketones (excluding diaryl/α,β-unsaturated/α-hetero) is 1. The van der Waals surface area contributed by atoms with Crippen LogP contribution in [-0.2, 0) is 4.79 Å². The molecule has 0 unspecified atom stereocenters. The van der Waals surface area contributed by atoms with Crippen molar-refractivity contribution in [1.82, 2.24) is 0 Å². The average molecular weight is 306 g/mol. The van der Waals surface area contributed by atoms with Gasteiger partial charge in [-0.25, -0.2) is 4.79 Å². The molecule has 0 radical (unpaired) electrons. The number of ketones is 1. The minimum Gasteiger partial charge on any atom is -0.478 e. The van der Waals surface area contributed by atoms with Crippen LogP contribution in [0.3, 0.4) is 0 Å². The summed E-state index contributed by atoms with van der Waals surface area (Å²) in [5, 5.41) is 8.93. The maximum absolute atomic E-state index is 12.7. The predicted octanol–water partition coefficient (Wildman–Crippen LogP) is 4.31. The van der Waals surface area contributed by atoms with Gasteiger partial charge in [0.15, 0.2) is 5.78 Å². The Morgan fingerprint density at radius 2 is 1.74 bits per heavy atom. The molecule has 3 nitrogen and oxygen atoms in total. The van der Waals surface area contributed by atoms with E-state index in [0.29, 0.717) is 0 Å². The molecule has 3 rings (SSSR count). The Hall–Kier alpha value is -2.68. The van der Waals surface area contributed by atoms with Crippen LogP contribution in [-0.4, -0.2) is 16.9 Å². The van der Waals surface area contributed by atoms with Crippen molar-refractivity contribution in [2.45, 2.75) is 25.2 Å². The number of carbonyl (C=O) groups excluding carboxylic acids is 1. The van der Waals surface area contributed by atoms with Crippen molar-refractivity contribution in [3.05, 3.63) is 76.9 Å². The number of hydrogen-bond donors (Lipinski definition) is 1. The van der Waals surface area contributed by atoms with Gasteiger partial charge in [0.1, 0.15) is 0 Å². The lowest BCUT2D eigenvalue weighted by Gasteiger charge is -2.23. The van der Waals surface area contributed by atoms with Crippen molar-refractivity contribution in [1.29, 1.82) is 0 Å². The van der Waals surface area contributed by atoms with Gasteiger partial charge in [-0.15, -0.1) is 0 Å². The summed E-state index contributed by atoms with van der Waals surface area (Å²) in [6.07, 6.45) is 4.55. The maximum Gasteiger partial charge on any atom is 0.335 e. The SMILES string of the molecule is O=C(O)c1ccc(/C=C2\CCC[C@H](c3ccccc3)C2=O)cc1. The fourth-order valence-corrected chi connectivity index (χ4v) is 3.04. The van der Waals surface area contributed by atoms with Crippen LogP contribution >= 0.6 is 0 Å². The van der Waals surface area contributed by atoms with Crippen LogP contribution < -0.4 is 0 Å². The monoisotopic (exact) mass is 306 g/mol. The minimum absolute atomic E-state index is 0.0607. The Balaban J connectivity index is 1.84. The summed E-state index contributed by atoms with van der Waals surface area (Å²) in [5.41, 5.74) is 3.02. The molecule has 2 aromatic carbocycles. The van der Waals surface area contributed by atoms with E-state index in [1.165, 1.54) is 0 Å². The van der Waals surface area contributed by atoms with Gasteiger partial charge in [-0.1, -0.05) is 42.5 Å².